The number of ether oxygens (including phenoxy) is 2. The molecule has 0 unspecified atom stereocenters. The molecule has 0 aromatic rings. The van der Waals surface area contributed by atoms with E-state index < -0.39 is 17.4 Å². The largest absolute Gasteiger partial charge is 0.465 e. The first-order chi connectivity index (χ1) is 9.00. The van der Waals surface area contributed by atoms with Gasteiger partial charge in [0.25, 0.3) is 0 Å². The van der Waals surface area contributed by atoms with Crippen LogP contribution in [-0.4, -0.2) is 25.2 Å². The molecule has 0 N–H and O–H groups in total. The average molecular weight is 270 g/mol. The first kappa shape index (κ1) is 17.7. The molecule has 0 heterocycles. The molecule has 4 nitrogen and oxygen atoms in total. The molecule has 0 spiro atoms. The summed E-state index contributed by atoms with van der Waals surface area (Å²) in [6, 6.07) is 0. The summed E-state index contributed by atoms with van der Waals surface area (Å²) >= 11 is 0. The second-order valence-electron chi connectivity index (χ2n) is 4.43. The molecule has 0 saturated carbocycles. The molecule has 0 fully saturated rings. The van der Waals surface area contributed by atoms with Gasteiger partial charge in [-0.15, -0.1) is 0 Å². The van der Waals surface area contributed by atoms with Gasteiger partial charge >= 0.3 is 11.9 Å². The van der Waals surface area contributed by atoms with E-state index in [0.717, 1.165) is 6.42 Å². The van der Waals surface area contributed by atoms with Crippen molar-refractivity contribution < 1.29 is 19.1 Å². The van der Waals surface area contributed by atoms with Crippen molar-refractivity contribution in [2.45, 2.75) is 47.5 Å². The van der Waals surface area contributed by atoms with E-state index in [1.54, 1.807) is 19.9 Å². The van der Waals surface area contributed by atoms with Crippen LogP contribution >= 0.6 is 0 Å². The molecule has 0 aliphatic carbocycles. The van der Waals surface area contributed by atoms with Gasteiger partial charge in [-0.2, -0.15) is 0 Å². The monoisotopic (exact) mass is 270 g/mol. The van der Waals surface area contributed by atoms with E-state index >= 15 is 0 Å². The number of esters is 2. The first-order valence-corrected chi connectivity index (χ1v) is 7.03. The maximum atomic E-state index is 12.3. The fraction of sp³-hybridized carbons (Fsp3) is 0.733. The summed E-state index contributed by atoms with van der Waals surface area (Å²) in [4.78, 5) is 24.6. The lowest BCUT2D eigenvalue weighted by Gasteiger charge is -2.31. The highest BCUT2D eigenvalue weighted by molar-refractivity contribution is 6.02. The average Bonchev–Trinajstić information content (AvgIpc) is 2.39. The Morgan fingerprint density at radius 3 is 1.84 bits per heavy atom. The highest BCUT2D eigenvalue weighted by Gasteiger charge is 2.50. The molecule has 0 radical (unpaired) electrons. The normalized spacial score (nSPS) is 13.3. The van der Waals surface area contributed by atoms with Crippen LogP contribution in [0.3, 0.4) is 0 Å². The summed E-state index contributed by atoms with van der Waals surface area (Å²) in [6.07, 6.45) is 4.90. The third kappa shape index (κ3) is 4.08. The lowest BCUT2D eigenvalue weighted by molar-refractivity contribution is -0.171. The number of carbonyl (C=O) groups excluding carboxylic acids is 2. The number of hydrogen-bond acceptors (Lipinski definition) is 4. The molecule has 0 saturated heterocycles. The highest BCUT2D eigenvalue weighted by atomic mass is 16.6. The fourth-order valence-electron chi connectivity index (χ4n) is 1.91. The van der Waals surface area contributed by atoms with E-state index in [2.05, 4.69) is 0 Å². The number of carbonyl (C=O) groups is 2. The lowest BCUT2D eigenvalue weighted by atomic mass is 9.74. The van der Waals surface area contributed by atoms with Gasteiger partial charge in [-0.1, -0.05) is 39.3 Å². The van der Waals surface area contributed by atoms with Crippen molar-refractivity contribution in [1.29, 1.82) is 0 Å². The number of allylic oxidation sites excluding steroid dienone is 1. The van der Waals surface area contributed by atoms with Crippen LogP contribution in [0.25, 0.3) is 0 Å². The molecule has 0 aliphatic heterocycles. The molecule has 0 aromatic heterocycles. The van der Waals surface area contributed by atoms with Crippen molar-refractivity contribution >= 4 is 11.9 Å². The van der Waals surface area contributed by atoms with E-state index in [0.29, 0.717) is 6.42 Å². The zero-order valence-corrected chi connectivity index (χ0v) is 12.7. The summed E-state index contributed by atoms with van der Waals surface area (Å²) < 4.78 is 10.2. The Hall–Kier alpha value is -1.32. The van der Waals surface area contributed by atoms with E-state index in [9.17, 15) is 9.59 Å². The van der Waals surface area contributed by atoms with Crippen molar-refractivity contribution in [2.75, 3.05) is 13.2 Å². The summed E-state index contributed by atoms with van der Waals surface area (Å²) in [6.45, 7) is 9.72. The van der Waals surface area contributed by atoms with E-state index in [4.69, 9.17) is 9.47 Å². The molecular formula is C15H26O4. The summed E-state index contributed by atoms with van der Waals surface area (Å²) in [5.41, 5.74) is -1.32. The minimum Gasteiger partial charge on any atom is -0.465 e. The Labute approximate surface area is 116 Å². The fourth-order valence-corrected chi connectivity index (χ4v) is 1.91. The van der Waals surface area contributed by atoms with Gasteiger partial charge in [-0.3, -0.25) is 9.59 Å². The van der Waals surface area contributed by atoms with Crippen LogP contribution in [0.15, 0.2) is 12.2 Å². The predicted molar refractivity (Wildman–Crippen MR) is 74.6 cm³/mol. The minimum absolute atomic E-state index is 0.173. The van der Waals surface area contributed by atoms with E-state index in [1.807, 2.05) is 26.8 Å². The van der Waals surface area contributed by atoms with Crippen molar-refractivity contribution in [1.82, 2.24) is 0 Å². The molecule has 0 amide bonds. The first-order valence-electron chi connectivity index (χ1n) is 7.03. The van der Waals surface area contributed by atoms with Crippen LogP contribution in [0.4, 0.5) is 0 Å². The van der Waals surface area contributed by atoms with Crippen LogP contribution in [0, 0.1) is 11.3 Å². The zero-order chi connectivity index (χ0) is 14.9. The Kier molecular flexibility index (Phi) is 8.12. The number of hydrogen-bond donors (Lipinski definition) is 0. The Balaban J connectivity index is 5.63. The molecule has 0 rings (SSSR count). The maximum absolute atomic E-state index is 12.3. The third-order valence-electron chi connectivity index (χ3n) is 3.23. The van der Waals surface area contributed by atoms with Gasteiger partial charge in [0.05, 0.1) is 13.2 Å². The van der Waals surface area contributed by atoms with Gasteiger partial charge in [-0.25, -0.2) is 0 Å². The van der Waals surface area contributed by atoms with Crippen molar-refractivity contribution in [3.8, 4) is 0 Å². The van der Waals surface area contributed by atoms with Crippen LogP contribution in [0.1, 0.15) is 47.5 Å². The molecule has 0 bridgehead atoms. The van der Waals surface area contributed by atoms with Crippen molar-refractivity contribution in [3.05, 3.63) is 12.2 Å². The second kappa shape index (κ2) is 8.73. The molecule has 0 aliphatic rings. The highest BCUT2D eigenvalue weighted by Crippen LogP contribution is 2.35. The van der Waals surface area contributed by atoms with Crippen LogP contribution in [0.2, 0.25) is 0 Å². The lowest BCUT2D eigenvalue weighted by Crippen LogP contribution is -2.45. The van der Waals surface area contributed by atoms with Crippen LogP contribution in [-0.2, 0) is 19.1 Å². The maximum Gasteiger partial charge on any atom is 0.327 e. The van der Waals surface area contributed by atoms with Gasteiger partial charge in [0.15, 0.2) is 5.41 Å². The van der Waals surface area contributed by atoms with Crippen LogP contribution < -0.4 is 0 Å². The summed E-state index contributed by atoms with van der Waals surface area (Å²) in [7, 11) is 0. The summed E-state index contributed by atoms with van der Waals surface area (Å²) in [5, 5.41) is 0. The molecule has 19 heavy (non-hydrogen) atoms. The number of rotatable bonds is 8. The summed E-state index contributed by atoms with van der Waals surface area (Å²) in [5.74, 6) is -1.21. The van der Waals surface area contributed by atoms with Gasteiger partial charge in [0, 0.05) is 0 Å². The molecule has 0 aromatic carbocycles. The Bertz CT molecular complexity index is 302. The predicted octanol–water partition coefficient (Wildman–Crippen LogP) is 3.11. The molecule has 4 heteroatoms. The van der Waals surface area contributed by atoms with Gasteiger partial charge < -0.3 is 9.47 Å². The van der Waals surface area contributed by atoms with Gasteiger partial charge in [-0.05, 0) is 26.2 Å². The molecule has 110 valence electrons. The Morgan fingerprint density at radius 1 is 1.05 bits per heavy atom. The third-order valence-corrected chi connectivity index (χ3v) is 3.23. The zero-order valence-electron chi connectivity index (χ0n) is 12.7. The quantitative estimate of drug-likeness (QED) is 0.386. The van der Waals surface area contributed by atoms with Gasteiger partial charge in [0.2, 0.25) is 0 Å². The molecule has 1 atom stereocenters. The van der Waals surface area contributed by atoms with Crippen molar-refractivity contribution in [2.24, 2.45) is 11.3 Å². The van der Waals surface area contributed by atoms with Crippen molar-refractivity contribution in [3.63, 3.8) is 0 Å². The molecular weight excluding hydrogens is 244 g/mol. The SMILES string of the molecule is CC/C=C/C(C(=O)OCC)(C(=O)OCC)[C@H](C)CC. The van der Waals surface area contributed by atoms with Crippen LogP contribution in [0.5, 0.6) is 0 Å². The minimum atomic E-state index is -1.32. The van der Waals surface area contributed by atoms with E-state index in [-0.39, 0.29) is 19.1 Å². The second-order valence-corrected chi connectivity index (χ2v) is 4.43. The standard InChI is InChI=1S/C15H26O4/c1-6-10-11-15(12(5)7-2,13(16)18-8-3)14(17)19-9-4/h10-12H,6-9H2,1-5H3/b11-10+/t12-/m1/s1. The smallest absolute Gasteiger partial charge is 0.327 e. The van der Waals surface area contributed by atoms with Gasteiger partial charge in [0.1, 0.15) is 0 Å². The Morgan fingerprint density at radius 2 is 1.53 bits per heavy atom. The topological polar surface area (TPSA) is 52.6 Å². The van der Waals surface area contributed by atoms with E-state index in [1.165, 1.54) is 0 Å².